The summed E-state index contributed by atoms with van der Waals surface area (Å²) in [4.78, 5) is 5.79. The van der Waals surface area contributed by atoms with E-state index in [1.807, 2.05) is 0 Å². The molecule has 0 radical (unpaired) electrons. The van der Waals surface area contributed by atoms with Crippen LogP contribution in [0.4, 0.5) is 0 Å². The summed E-state index contributed by atoms with van der Waals surface area (Å²) >= 11 is 0. The Morgan fingerprint density at radius 3 is 2.42 bits per heavy atom. The normalized spacial score (nSPS) is 20.0. The number of benzene rings is 3. The molecule has 0 saturated carbocycles. The minimum atomic E-state index is 0.0281. The molecule has 1 aliphatic heterocycles. The van der Waals surface area contributed by atoms with Crippen molar-refractivity contribution in [1.29, 1.82) is 0 Å². The van der Waals surface area contributed by atoms with Crippen LogP contribution in [0.2, 0.25) is 0 Å². The van der Waals surface area contributed by atoms with Crippen molar-refractivity contribution in [2.45, 2.75) is 25.9 Å². The van der Waals surface area contributed by atoms with Crippen LogP contribution in [0.3, 0.4) is 0 Å². The maximum atomic E-state index is 5.79. The first-order chi connectivity index (χ1) is 11.8. The molecular formula is C22H21NO. The van der Waals surface area contributed by atoms with Crippen LogP contribution in [0.15, 0.2) is 78.0 Å². The fraction of sp³-hybridized carbons (Fsp3) is 0.227. The summed E-state index contributed by atoms with van der Waals surface area (Å²) in [5.74, 6) is 0.315. The largest absolute Gasteiger partial charge is 0.387 e. The monoisotopic (exact) mass is 315 g/mol. The lowest BCUT2D eigenvalue weighted by Crippen LogP contribution is -2.14. The van der Waals surface area contributed by atoms with Gasteiger partial charge < -0.3 is 4.84 Å². The molecule has 2 atom stereocenters. The number of hydrogen-bond acceptors (Lipinski definition) is 2. The predicted octanol–water partition coefficient (Wildman–Crippen LogP) is 5.54. The van der Waals surface area contributed by atoms with E-state index in [1.54, 1.807) is 0 Å². The Bertz CT molecular complexity index is 869. The smallest absolute Gasteiger partial charge is 0.160 e. The fourth-order valence-electron chi connectivity index (χ4n) is 3.40. The van der Waals surface area contributed by atoms with E-state index in [4.69, 9.17) is 4.84 Å². The lowest BCUT2D eigenvalue weighted by atomic mass is 9.90. The van der Waals surface area contributed by atoms with E-state index >= 15 is 0 Å². The van der Waals surface area contributed by atoms with Crippen molar-refractivity contribution >= 4 is 16.5 Å². The quantitative estimate of drug-likeness (QED) is 0.620. The van der Waals surface area contributed by atoms with Crippen molar-refractivity contribution in [3.8, 4) is 0 Å². The predicted molar refractivity (Wildman–Crippen MR) is 99.1 cm³/mol. The lowest BCUT2D eigenvalue weighted by molar-refractivity contribution is 0.0654. The molecule has 0 amide bonds. The summed E-state index contributed by atoms with van der Waals surface area (Å²) in [7, 11) is 0. The third-order valence-electron chi connectivity index (χ3n) is 4.88. The highest BCUT2D eigenvalue weighted by Gasteiger charge is 2.31. The summed E-state index contributed by atoms with van der Waals surface area (Å²) in [6.07, 6.45) is 1.99. The average Bonchev–Trinajstić information content (AvgIpc) is 3.01. The Labute approximate surface area is 142 Å². The fourth-order valence-corrected chi connectivity index (χ4v) is 3.40. The molecule has 24 heavy (non-hydrogen) atoms. The Balaban J connectivity index is 1.48. The standard InChI is InChI=1S/C22H21NO/c1-16-21(14-11-17-7-3-2-4-8-17)23-24-22(16)20-13-12-18-9-5-6-10-19(18)15-20/h2-10,12-13,15-16,22H,11,14H2,1H3. The maximum absolute atomic E-state index is 5.79. The topological polar surface area (TPSA) is 21.6 Å². The van der Waals surface area contributed by atoms with Crippen LogP contribution in [-0.4, -0.2) is 5.71 Å². The molecule has 1 aliphatic rings. The van der Waals surface area contributed by atoms with Crippen LogP contribution in [-0.2, 0) is 11.3 Å². The zero-order chi connectivity index (χ0) is 16.4. The maximum Gasteiger partial charge on any atom is 0.160 e. The number of oxime groups is 1. The summed E-state index contributed by atoms with van der Waals surface area (Å²) in [5.41, 5.74) is 3.72. The Morgan fingerprint density at radius 2 is 1.58 bits per heavy atom. The second kappa shape index (κ2) is 6.48. The van der Waals surface area contributed by atoms with Crippen LogP contribution >= 0.6 is 0 Å². The molecule has 0 N–H and O–H groups in total. The molecule has 3 aromatic rings. The van der Waals surface area contributed by atoms with E-state index in [-0.39, 0.29) is 6.10 Å². The second-order valence-electron chi connectivity index (χ2n) is 6.49. The number of rotatable bonds is 4. The van der Waals surface area contributed by atoms with Gasteiger partial charge in [-0.15, -0.1) is 0 Å². The van der Waals surface area contributed by atoms with Crippen molar-refractivity contribution < 1.29 is 4.84 Å². The number of nitrogens with zero attached hydrogens (tertiary/aromatic N) is 1. The molecule has 3 aromatic carbocycles. The third kappa shape index (κ3) is 2.92. The molecule has 0 spiro atoms. The van der Waals surface area contributed by atoms with Gasteiger partial charge in [0.15, 0.2) is 6.10 Å². The third-order valence-corrected chi connectivity index (χ3v) is 4.88. The van der Waals surface area contributed by atoms with Crippen molar-refractivity contribution in [3.05, 3.63) is 83.9 Å². The Morgan fingerprint density at radius 1 is 0.833 bits per heavy atom. The summed E-state index contributed by atoms with van der Waals surface area (Å²) in [5, 5.41) is 6.90. The van der Waals surface area contributed by atoms with Gasteiger partial charge in [-0.1, -0.05) is 78.8 Å². The van der Waals surface area contributed by atoms with Gasteiger partial charge in [0.25, 0.3) is 0 Å². The van der Waals surface area contributed by atoms with E-state index in [0.29, 0.717) is 5.92 Å². The Kier molecular flexibility index (Phi) is 4.04. The molecule has 0 aliphatic carbocycles. The molecule has 2 heteroatoms. The average molecular weight is 315 g/mol. The zero-order valence-electron chi connectivity index (χ0n) is 13.9. The molecule has 2 nitrogen and oxygen atoms in total. The molecule has 4 rings (SSSR count). The summed E-state index contributed by atoms with van der Waals surface area (Å²) < 4.78 is 0. The SMILES string of the molecule is CC1C(CCc2ccccc2)=NOC1c1ccc2ccccc2c1. The second-order valence-corrected chi connectivity index (χ2v) is 6.49. The molecule has 1 heterocycles. The molecule has 0 bridgehead atoms. The van der Waals surface area contributed by atoms with Crippen LogP contribution < -0.4 is 0 Å². The molecule has 0 saturated heterocycles. The minimum absolute atomic E-state index is 0.0281. The van der Waals surface area contributed by atoms with Gasteiger partial charge in [-0.3, -0.25) is 0 Å². The molecular weight excluding hydrogens is 294 g/mol. The van der Waals surface area contributed by atoms with Crippen molar-refractivity contribution in [2.24, 2.45) is 11.1 Å². The Hall–Kier alpha value is -2.61. The molecule has 2 unspecified atom stereocenters. The lowest BCUT2D eigenvalue weighted by Gasteiger charge is -2.15. The van der Waals surface area contributed by atoms with Crippen molar-refractivity contribution in [2.75, 3.05) is 0 Å². The summed E-state index contributed by atoms with van der Waals surface area (Å²) in [6.45, 7) is 2.22. The first kappa shape index (κ1) is 14.9. The van der Waals surface area contributed by atoms with E-state index in [9.17, 15) is 0 Å². The van der Waals surface area contributed by atoms with Crippen molar-refractivity contribution in [3.63, 3.8) is 0 Å². The van der Waals surface area contributed by atoms with Gasteiger partial charge in [0.2, 0.25) is 0 Å². The van der Waals surface area contributed by atoms with Gasteiger partial charge in [0.05, 0.1) is 5.71 Å². The van der Waals surface area contributed by atoms with Gasteiger partial charge in [-0.25, -0.2) is 0 Å². The van der Waals surface area contributed by atoms with Crippen molar-refractivity contribution in [1.82, 2.24) is 0 Å². The summed E-state index contributed by atoms with van der Waals surface area (Å²) in [6, 6.07) is 25.6. The van der Waals surface area contributed by atoms with E-state index in [2.05, 4.69) is 84.9 Å². The van der Waals surface area contributed by atoms with Gasteiger partial charge >= 0.3 is 0 Å². The molecule has 120 valence electrons. The number of hydrogen-bond donors (Lipinski definition) is 0. The van der Waals surface area contributed by atoms with Crippen LogP contribution in [0.25, 0.3) is 10.8 Å². The van der Waals surface area contributed by atoms with Gasteiger partial charge in [0, 0.05) is 5.92 Å². The van der Waals surface area contributed by atoms with Gasteiger partial charge in [-0.2, -0.15) is 0 Å². The highest BCUT2D eigenvalue weighted by Crippen LogP contribution is 2.35. The van der Waals surface area contributed by atoms with Gasteiger partial charge in [-0.05, 0) is 40.8 Å². The minimum Gasteiger partial charge on any atom is -0.387 e. The van der Waals surface area contributed by atoms with E-state index in [1.165, 1.54) is 21.9 Å². The highest BCUT2D eigenvalue weighted by atomic mass is 16.6. The van der Waals surface area contributed by atoms with E-state index in [0.717, 1.165) is 18.6 Å². The first-order valence-corrected chi connectivity index (χ1v) is 8.56. The number of fused-ring (bicyclic) bond motifs is 1. The molecule has 0 fully saturated rings. The van der Waals surface area contributed by atoms with Gasteiger partial charge in [0.1, 0.15) is 0 Å². The van der Waals surface area contributed by atoms with Crippen LogP contribution in [0.1, 0.15) is 30.6 Å². The highest BCUT2D eigenvalue weighted by molar-refractivity contribution is 5.88. The first-order valence-electron chi connectivity index (χ1n) is 8.56. The van der Waals surface area contributed by atoms with E-state index < -0.39 is 0 Å². The van der Waals surface area contributed by atoms with Crippen LogP contribution in [0, 0.1) is 5.92 Å². The molecule has 0 aromatic heterocycles. The van der Waals surface area contributed by atoms with Crippen LogP contribution in [0.5, 0.6) is 0 Å². The zero-order valence-corrected chi connectivity index (χ0v) is 13.9. The number of aryl methyl sites for hydroxylation is 1.